The topological polar surface area (TPSA) is 85.2 Å². The second-order valence-electron chi connectivity index (χ2n) is 3.11. The Hall–Kier alpha value is -0.690. The van der Waals surface area contributed by atoms with Gasteiger partial charge in [-0.15, -0.1) is 0 Å². The lowest BCUT2D eigenvalue weighted by Gasteiger charge is -2.28. The molecule has 0 aromatic carbocycles. The summed E-state index contributed by atoms with van der Waals surface area (Å²) in [5, 5.41) is 18.8. The molecule has 0 bridgehead atoms. The summed E-state index contributed by atoms with van der Waals surface area (Å²) in [5.41, 5.74) is 0. The number of carbonyl (C=O) groups excluding carboxylic acids is 1. The molecular weight excluding hydrogens is 204 g/mol. The molecule has 0 rings (SSSR count). The van der Waals surface area contributed by atoms with E-state index in [9.17, 15) is 15.0 Å². The van der Waals surface area contributed by atoms with Crippen LogP contribution < -0.4 is 0 Å². The van der Waals surface area contributed by atoms with Gasteiger partial charge in [0.15, 0.2) is 6.10 Å². The molecule has 0 fully saturated rings. The maximum Gasteiger partial charge on any atom is 0.337 e. The van der Waals surface area contributed by atoms with Crippen LogP contribution in [0.25, 0.3) is 0 Å². The molecule has 0 saturated heterocycles. The van der Waals surface area contributed by atoms with Crippen molar-refractivity contribution in [2.45, 2.75) is 31.3 Å². The summed E-state index contributed by atoms with van der Waals surface area (Å²) in [6.07, 6.45) is -4.29. The zero-order chi connectivity index (χ0) is 12.0. The Morgan fingerprint density at radius 2 is 1.67 bits per heavy atom. The van der Waals surface area contributed by atoms with E-state index < -0.39 is 30.4 Å². The predicted octanol–water partition coefficient (Wildman–Crippen LogP) is -1.07. The average molecular weight is 222 g/mol. The summed E-state index contributed by atoms with van der Waals surface area (Å²) in [6, 6.07) is 0. The van der Waals surface area contributed by atoms with Gasteiger partial charge in [0.1, 0.15) is 12.2 Å². The number of carbonyl (C=O) groups is 1. The van der Waals surface area contributed by atoms with Crippen molar-refractivity contribution >= 4 is 5.97 Å². The van der Waals surface area contributed by atoms with Gasteiger partial charge in [-0.1, -0.05) is 0 Å². The van der Waals surface area contributed by atoms with Crippen molar-refractivity contribution < 1.29 is 29.2 Å². The van der Waals surface area contributed by atoms with E-state index >= 15 is 0 Å². The molecule has 90 valence electrons. The molecule has 2 N–H and O–H groups in total. The smallest absolute Gasteiger partial charge is 0.337 e. The first-order valence-electron chi connectivity index (χ1n) is 4.49. The molecular formula is C9H18O6. The number of aliphatic hydroxyl groups is 2. The number of hydrogen-bond donors (Lipinski definition) is 2. The van der Waals surface area contributed by atoms with Crippen molar-refractivity contribution in [1.82, 2.24) is 0 Å². The van der Waals surface area contributed by atoms with Crippen molar-refractivity contribution in [1.29, 1.82) is 0 Å². The maximum atomic E-state index is 11.3. The first-order valence-corrected chi connectivity index (χ1v) is 4.49. The van der Waals surface area contributed by atoms with E-state index in [1.54, 1.807) is 0 Å². The minimum Gasteiger partial charge on any atom is -0.467 e. The van der Waals surface area contributed by atoms with Crippen LogP contribution in [0.15, 0.2) is 0 Å². The number of hydrogen-bond acceptors (Lipinski definition) is 6. The Kier molecular flexibility index (Phi) is 6.42. The molecule has 0 aliphatic carbocycles. The third-order valence-corrected chi connectivity index (χ3v) is 2.09. The number of ether oxygens (including phenoxy) is 3. The van der Waals surface area contributed by atoms with Gasteiger partial charge in [-0.05, 0) is 6.92 Å². The minimum atomic E-state index is -1.22. The lowest BCUT2D eigenvalue weighted by Crippen LogP contribution is -2.49. The molecule has 0 aromatic heterocycles. The van der Waals surface area contributed by atoms with Gasteiger partial charge in [0.25, 0.3) is 0 Å². The number of aliphatic hydroxyl groups excluding tert-OH is 2. The third kappa shape index (κ3) is 3.75. The molecule has 0 aliphatic rings. The molecule has 0 aromatic rings. The summed E-state index contributed by atoms with van der Waals surface area (Å²) in [6.45, 7) is 1.39. The van der Waals surface area contributed by atoms with Gasteiger partial charge in [-0.3, -0.25) is 0 Å². The molecule has 0 aliphatic heterocycles. The lowest BCUT2D eigenvalue weighted by atomic mass is 10.0. The molecule has 0 spiro atoms. The Labute approximate surface area is 88.7 Å². The summed E-state index contributed by atoms with van der Waals surface area (Å²) >= 11 is 0. The fourth-order valence-corrected chi connectivity index (χ4v) is 1.20. The van der Waals surface area contributed by atoms with E-state index in [4.69, 9.17) is 9.47 Å². The normalized spacial score (nSPS) is 19.1. The molecule has 15 heavy (non-hydrogen) atoms. The highest BCUT2D eigenvalue weighted by Gasteiger charge is 2.36. The number of rotatable bonds is 6. The quantitative estimate of drug-likeness (QED) is 0.557. The van der Waals surface area contributed by atoms with Crippen LogP contribution in [0.4, 0.5) is 0 Å². The predicted molar refractivity (Wildman–Crippen MR) is 51.3 cm³/mol. The Morgan fingerprint density at radius 3 is 1.93 bits per heavy atom. The van der Waals surface area contributed by atoms with Crippen LogP contribution >= 0.6 is 0 Å². The van der Waals surface area contributed by atoms with Crippen LogP contribution in [-0.4, -0.2) is 61.9 Å². The van der Waals surface area contributed by atoms with Gasteiger partial charge in [0.2, 0.25) is 0 Å². The minimum absolute atomic E-state index is 0.663. The van der Waals surface area contributed by atoms with E-state index in [0.717, 1.165) is 0 Å². The van der Waals surface area contributed by atoms with Gasteiger partial charge >= 0.3 is 5.97 Å². The van der Waals surface area contributed by atoms with Gasteiger partial charge in [-0.2, -0.15) is 0 Å². The van der Waals surface area contributed by atoms with Crippen molar-refractivity contribution in [3.8, 4) is 0 Å². The molecule has 0 radical (unpaired) electrons. The molecule has 4 atom stereocenters. The van der Waals surface area contributed by atoms with E-state index in [1.165, 1.54) is 28.3 Å². The van der Waals surface area contributed by atoms with E-state index in [2.05, 4.69) is 4.74 Å². The highest BCUT2D eigenvalue weighted by molar-refractivity contribution is 5.75. The van der Waals surface area contributed by atoms with Crippen LogP contribution in [0.2, 0.25) is 0 Å². The second-order valence-corrected chi connectivity index (χ2v) is 3.11. The van der Waals surface area contributed by atoms with Gasteiger partial charge in [0, 0.05) is 14.2 Å². The van der Waals surface area contributed by atoms with E-state index in [0.29, 0.717) is 0 Å². The Bertz CT molecular complexity index is 193. The Morgan fingerprint density at radius 1 is 1.13 bits per heavy atom. The largest absolute Gasteiger partial charge is 0.467 e. The zero-order valence-corrected chi connectivity index (χ0v) is 9.34. The lowest BCUT2D eigenvalue weighted by molar-refractivity contribution is -0.173. The van der Waals surface area contributed by atoms with Crippen molar-refractivity contribution in [3.05, 3.63) is 0 Å². The highest BCUT2D eigenvalue weighted by atomic mass is 16.6. The Balaban J connectivity index is 4.67. The molecule has 0 heterocycles. The van der Waals surface area contributed by atoms with Gasteiger partial charge < -0.3 is 24.4 Å². The van der Waals surface area contributed by atoms with Gasteiger partial charge in [-0.25, -0.2) is 4.79 Å². The van der Waals surface area contributed by atoms with Gasteiger partial charge in [0.05, 0.1) is 13.2 Å². The van der Waals surface area contributed by atoms with E-state index in [-0.39, 0.29) is 0 Å². The molecule has 0 saturated carbocycles. The fraction of sp³-hybridized carbons (Fsp3) is 0.889. The molecule has 0 amide bonds. The summed E-state index contributed by atoms with van der Waals surface area (Å²) in [7, 11) is 3.81. The fourth-order valence-electron chi connectivity index (χ4n) is 1.20. The van der Waals surface area contributed by atoms with Crippen molar-refractivity contribution in [3.63, 3.8) is 0 Å². The number of esters is 1. The van der Waals surface area contributed by atoms with Crippen LogP contribution in [0.3, 0.4) is 0 Å². The molecule has 6 heteroatoms. The SMILES string of the molecule is COC(=O)C(OC)C(OC)C(O)C(C)O. The molecule has 6 nitrogen and oxygen atoms in total. The van der Waals surface area contributed by atoms with Crippen LogP contribution in [0, 0.1) is 0 Å². The summed E-state index contributed by atoms with van der Waals surface area (Å²) in [4.78, 5) is 11.3. The van der Waals surface area contributed by atoms with Crippen LogP contribution in [0.5, 0.6) is 0 Å². The van der Waals surface area contributed by atoms with Crippen LogP contribution in [-0.2, 0) is 19.0 Å². The monoisotopic (exact) mass is 222 g/mol. The van der Waals surface area contributed by atoms with E-state index in [1.807, 2.05) is 0 Å². The first-order chi connectivity index (χ1) is 6.99. The third-order valence-electron chi connectivity index (χ3n) is 2.09. The summed E-state index contributed by atoms with van der Waals surface area (Å²) in [5.74, 6) is -0.663. The zero-order valence-electron chi connectivity index (χ0n) is 9.34. The number of methoxy groups -OCH3 is 3. The molecule has 4 unspecified atom stereocenters. The second kappa shape index (κ2) is 6.73. The highest BCUT2D eigenvalue weighted by Crippen LogP contribution is 2.12. The average Bonchev–Trinajstić information content (AvgIpc) is 2.23. The van der Waals surface area contributed by atoms with Crippen molar-refractivity contribution in [2.75, 3.05) is 21.3 Å². The standard InChI is InChI=1S/C9H18O6/c1-5(10)6(11)7(13-2)8(14-3)9(12)15-4/h5-8,10-11H,1-4H3. The first kappa shape index (κ1) is 14.3. The van der Waals surface area contributed by atoms with Crippen LogP contribution in [0.1, 0.15) is 6.92 Å². The van der Waals surface area contributed by atoms with Crippen molar-refractivity contribution in [2.24, 2.45) is 0 Å². The maximum absolute atomic E-state index is 11.3. The summed E-state index contributed by atoms with van der Waals surface area (Å²) < 4.78 is 14.2.